The molecular formula is C21H21Cl2N3O3. The molecule has 2 aromatic rings. The summed E-state index contributed by atoms with van der Waals surface area (Å²) in [6, 6.07) is 11.7. The van der Waals surface area contributed by atoms with Gasteiger partial charge in [0.15, 0.2) is 0 Å². The maximum absolute atomic E-state index is 13.0. The molecule has 0 bridgehead atoms. The molecule has 6 nitrogen and oxygen atoms in total. The van der Waals surface area contributed by atoms with Gasteiger partial charge < -0.3 is 10.6 Å². The van der Waals surface area contributed by atoms with Crippen LogP contribution in [0, 0.1) is 0 Å². The summed E-state index contributed by atoms with van der Waals surface area (Å²) in [5.74, 6) is -1.07. The molecule has 2 aromatic carbocycles. The van der Waals surface area contributed by atoms with Gasteiger partial charge >= 0.3 is 6.03 Å². The summed E-state index contributed by atoms with van der Waals surface area (Å²) in [4.78, 5) is 38.7. The van der Waals surface area contributed by atoms with E-state index in [-0.39, 0.29) is 15.7 Å². The van der Waals surface area contributed by atoms with Crippen molar-refractivity contribution in [2.75, 3.05) is 11.9 Å². The van der Waals surface area contributed by atoms with E-state index >= 15 is 0 Å². The van der Waals surface area contributed by atoms with Crippen molar-refractivity contribution in [3.8, 4) is 0 Å². The summed E-state index contributed by atoms with van der Waals surface area (Å²) in [6.07, 6.45) is 1.96. The van der Waals surface area contributed by atoms with E-state index in [1.165, 1.54) is 0 Å². The maximum Gasteiger partial charge on any atom is 0.325 e. The number of nitrogens with one attached hydrogen (secondary N) is 2. The number of carbonyl (C=O) groups excluding carboxylic acids is 3. The molecule has 1 aliphatic heterocycles. The number of hydrogen-bond donors (Lipinski definition) is 2. The number of urea groups is 1. The smallest absolute Gasteiger partial charge is 0.322 e. The first-order valence-electron chi connectivity index (χ1n) is 9.23. The van der Waals surface area contributed by atoms with Gasteiger partial charge in [0.1, 0.15) is 12.1 Å². The van der Waals surface area contributed by atoms with E-state index in [9.17, 15) is 14.4 Å². The van der Waals surface area contributed by atoms with Crippen LogP contribution in [-0.2, 0) is 21.5 Å². The van der Waals surface area contributed by atoms with E-state index in [0.29, 0.717) is 5.56 Å². The Morgan fingerprint density at radius 2 is 1.72 bits per heavy atom. The van der Waals surface area contributed by atoms with Crippen LogP contribution >= 0.6 is 23.2 Å². The highest BCUT2D eigenvalue weighted by molar-refractivity contribution is 6.39. The maximum atomic E-state index is 13.0. The number of aryl methyl sites for hydroxylation is 1. The average molecular weight is 434 g/mol. The van der Waals surface area contributed by atoms with Crippen molar-refractivity contribution in [3.63, 3.8) is 0 Å². The fraction of sp³-hybridized carbons (Fsp3) is 0.286. The molecule has 29 heavy (non-hydrogen) atoms. The van der Waals surface area contributed by atoms with Gasteiger partial charge in [-0.05, 0) is 36.6 Å². The summed E-state index contributed by atoms with van der Waals surface area (Å²) in [5, 5.41) is 5.78. The molecule has 1 aliphatic rings. The topological polar surface area (TPSA) is 78.5 Å². The largest absolute Gasteiger partial charge is 0.325 e. The number of hydrogen-bond acceptors (Lipinski definition) is 3. The zero-order chi connectivity index (χ0) is 21.2. The monoisotopic (exact) mass is 433 g/mol. The van der Waals surface area contributed by atoms with Gasteiger partial charge in [-0.25, -0.2) is 4.79 Å². The third-order valence-corrected chi connectivity index (χ3v) is 5.50. The Hall–Kier alpha value is -2.57. The number of anilines is 1. The number of halogens is 2. The molecule has 0 spiro atoms. The van der Waals surface area contributed by atoms with Crippen molar-refractivity contribution in [3.05, 3.63) is 63.6 Å². The third kappa shape index (κ3) is 4.23. The van der Waals surface area contributed by atoms with Crippen molar-refractivity contribution >= 4 is 46.7 Å². The van der Waals surface area contributed by atoms with Crippen LogP contribution in [0.25, 0.3) is 0 Å². The molecule has 4 amide bonds. The van der Waals surface area contributed by atoms with Gasteiger partial charge in [-0.2, -0.15) is 0 Å². The lowest BCUT2D eigenvalue weighted by molar-refractivity contribution is -0.133. The SMILES string of the molecule is CCCc1ccc(C2(C)NC(=O)N(CC(=O)Nc3c(Cl)cccc3Cl)C2=O)cc1. The van der Waals surface area contributed by atoms with Crippen LogP contribution in [0.1, 0.15) is 31.4 Å². The fourth-order valence-electron chi connectivity index (χ4n) is 3.27. The molecule has 1 heterocycles. The quantitative estimate of drug-likeness (QED) is 0.664. The van der Waals surface area contributed by atoms with Crippen molar-refractivity contribution in [2.45, 2.75) is 32.2 Å². The Balaban J connectivity index is 1.75. The number of rotatable bonds is 6. The predicted octanol–water partition coefficient (Wildman–Crippen LogP) is 4.35. The fourth-order valence-corrected chi connectivity index (χ4v) is 3.76. The lowest BCUT2D eigenvalue weighted by Crippen LogP contribution is -2.42. The summed E-state index contributed by atoms with van der Waals surface area (Å²) in [5.41, 5.74) is 0.823. The van der Waals surface area contributed by atoms with Crippen molar-refractivity contribution in [1.82, 2.24) is 10.2 Å². The highest BCUT2D eigenvalue weighted by Crippen LogP contribution is 2.31. The van der Waals surface area contributed by atoms with Crippen LogP contribution in [0.5, 0.6) is 0 Å². The average Bonchev–Trinajstić information content (AvgIpc) is 2.90. The molecule has 3 rings (SSSR count). The molecule has 0 radical (unpaired) electrons. The van der Waals surface area contributed by atoms with Crippen molar-refractivity contribution in [1.29, 1.82) is 0 Å². The van der Waals surface area contributed by atoms with Gasteiger partial charge in [-0.15, -0.1) is 0 Å². The minimum absolute atomic E-state index is 0.238. The lowest BCUT2D eigenvalue weighted by Gasteiger charge is -2.22. The minimum atomic E-state index is -1.23. The highest BCUT2D eigenvalue weighted by atomic mass is 35.5. The number of imide groups is 1. The predicted molar refractivity (Wildman–Crippen MR) is 113 cm³/mol. The summed E-state index contributed by atoms with van der Waals surface area (Å²) in [6.45, 7) is 3.27. The van der Waals surface area contributed by atoms with Gasteiger partial charge in [-0.1, -0.05) is 66.9 Å². The summed E-state index contributed by atoms with van der Waals surface area (Å²) < 4.78 is 0. The number of carbonyl (C=O) groups is 3. The molecule has 1 fully saturated rings. The molecule has 0 saturated carbocycles. The highest BCUT2D eigenvalue weighted by Gasteiger charge is 2.49. The molecular weight excluding hydrogens is 413 g/mol. The zero-order valence-electron chi connectivity index (χ0n) is 16.1. The standard InChI is InChI=1S/C21H21Cl2N3O3/c1-3-5-13-8-10-14(11-9-13)21(2)19(28)26(20(29)25-21)12-17(27)24-18-15(22)6-4-7-16(18)23/h4,6-11H,3,5,12H2,1-2H3,(H,24,27)(H,25,29). The van der Waals surface area contributed by atoms with Crippen LogP contribution in [0.3, 0.4) is 0 Å². The lowest BCUT2D eigenvalue weighted by atomic mass is 9.91. The van der Waals surface area contributed by atoms with Gasteiger partial charge in [0, 0.05) is 0 Å². The Morgan fingerprint density at radius 3 is 2.31 bits per heavy atom. The van der Waals surface area contributed by atoms with Gasteiger partial charge in [0.25, 0.3) is 5.91 Å². The molecule has 1 unspecified atom stereocenters. The second-order valence-corrected chi connectivity index (χ2v) is 7.85. The zero-order valence-corrected chi connectivity index (χ0v) is 17.6. The molecule has 0 aliphatic carbocycles. The summed E-state index contributed by atoms with van der Waals surface area (Å²) in [7, 11) is 0. The van der Waals surface area contributed by atoms with E-state index in [1.807, 2.05) is 24.3 Å². The van der Waals surface area contributed by atoms with Crippen molar-refractivity contribution in [2.24, 2.45) is 0 Å². The second kappa shape index (κ2) is 8.43. The van der Waals surface area contributed by atoms with Crippen LogP contribution in [0.4, 0.5) is 10.5 Å². The second-order valence-electron chi connectivity index (χ2n) is 7.04. The molecule has 8 heteroatoms. The van der Waals surface area contributed by atoms with Gasteiger partial charge in [0.2, 0.25) is 5.91 Å². The summed E-state index contributed by atoms with van der Waals surface area (Å²) >= 11 is 12.1. The van der Waals surface area contributed by atoms with Gasteiger partial charge in [0.05, 0.1) is 15.7 Å². The van der Waals surface area contributed by atoms with Crippen LogP contribution < -0.4 is 10.6 Å². The van der Waals surface area contributed by atoms with Crippen LogP contribution in [0.2, 0.25) is 10.0 Å². The number of amides is 4. The number of nitrogens with zero attached hydrogens (tertiary/aromatic N) is 1. The van der Waals surface area contributed by atoms with Crippen LogP contribution in [-0.4, -0.2) is 29.3 Å². The Morgan fingerprint density at radius 1 is 1.10 bits per heavy atom. The van der Waals surface area contributed by atoms with E-state index < -0.39 is 29.9 Å². The number of para-hydroxylation sites is 1. The molecule has 152 valence electrons. The van der Waals surface area contributed by atoms with E-state index in [1.54, 1.807) is 25.1 Å². The first kappa shape index (κ1) is 21.1. The van der Waals surface area contributed by atoms with E-state index in [0.717, 1.165) is 23.3 Å². The first-order valence-corrected chi connectivity index (χ1v) is 9.99. The van der Waals surface area contributed by atoms with Crippen LogP contribution in [0.15, 0.2) is 42.5 Å². The molecule has 0 aromatic heterocycles. The molecule has 1 atom stereocenters. The molecule has 2 N–H and O–H groups in total. The third-order valence-electron chi connectivity index (χ3n) is 4.87. The van der Waals surface area contributed by atoms with Crippen molar-refractivity contribution < 1.29 is 14.4 Å². The Kier molecular flexibility index (Phi) is 6.15. The molecule has 1 saturated heterocycles. The van der Waals surface area contributed by atoms with Gasteiger partial charge in [-0.3, -0.25) is 14.5 Å². The Labute approximate surface area is 179 Å². The Bertz CT molecular complexity index is 942. The number of benzene rings is 2. The minimum Gasteiger partial charge on any atom is -0.322 e. The van der Waals surface area contributed by atoms with E-state index in [2.05, 4.69) is 17.6 Å². The first-order chi connectivity index (χ1) is 13.8. The van der Waals surface area contributed by atoms with E-state index in [4.69, 9.17) is 23.2 Å². The normalized spacial score (nSPS) is 18.7.